The molecule has 2 rings (SSSR count). The fraction of sp³-hybridized carbons (Fsp3) is 0.385. The third-order valence-corrected chi connectivity index (χ3v) is 3.69. The number of nitrogens with two attached hydrogens (primary N) is 1. The molecule has 18 heavy (non-hydrogen) atoms. The SMILES string of the molecule is N#CCc1cc(SCC(=O)NC2CC2)ccc1N. The summed E-state index contributed by atoms with van der Waals surface area (Å²) in [5, 5.41) is 11.6. The number of nitrogens with one attached hydrogen (secondary N) is 1. The highest BCUT2D eigenvalue weighted by molar-refractivity contribution is 8.00. The highest BCUT2D eigenvalue weighted by Crippen LogP contribution is 2.24. The molecule has 94 valence electrons. The van der Waals surface area contributed by atoms with Crippen molar-refractivity contribution in [1.82, 2.24) is 5.32 Å². The van der Waals surface area contributed by atoms with Crippen molar-refractivity contribution in [2.24, 2.45) is 0 Å². The van der Waals surface area contributed by atoms with E-state index in [2.05, 4.69) is 11.4 Å². The summed E-state index contributed by atoms with van der Waals surface area (Å²) >= 11 is 1.47. The molecule has 0 heterocycles. The van der Waals surface area contributed by atoms with Crippen LogP contribution in [-0.4, -0.2) is 17.7 Å². The molecule has 0 radical (unpaired) electrons. The molecule has 0 bridgehead atoms. The van der Waals surface area contributed by atoms with Crippen LogP contribution in [0.5, 0.6) is 0 Å². The van der Waals surface area contributed by atoms with Crippen molar-refractivity contribution in [3.8, 4) is 6.07 Å². The van der Waals surface area contributed by atoms with E-state index in [1.54, 1.807) is 6.07 Å². The normalized spacial score (nSPS) is 13.9. The number of nitrogens with zero attached hydrogens (tertiary/aromatic N) is 1. The van der Waals surface area contributed by atoms with Crippen LogP contribution >= 0.6 is 11.8 Å². The first-order valence-electron chi connectivity index (χ1n) is 5.86. The lowest BCUT2D eigenvalue weighted by atomic mass is 10.1. The predicted molar refractivity (Wildman–Crippen MR) is 72.1 cm³/mol. The minimum atomic E-state index is 0.0705. The molecule has 1 aliphatic rings. The summed E-state index contributed by atoms with van der Waals surface area (Å²) in [7, 11) is 0. The number of rotatable bonds is 5. The second kappa shape index (κ2) is 5.78. The molecule has 1 aromatic carbocycles. The van der Waals surface area contributed by atoms with E-state index in [4.69, 9.17) is 11.0 Å². The fourth-order valence-electron chi connectivity index (χ4n) is 1.56. The minimum Gasteiger partial charge on any atom is -0.398 e. The average Bonchev–Trinajstić information content (AvgIpc) is 3.14. The van der Waals surface area contributed by atoms with E-state index in [0.717, 1.165) is 23.3 Å². The van der Waals surface area contributed by atoms with Gasteiger partial charge in [-0.1, -0.05) is 0 Å². The Hall–Kier alpha value is -1.67. The number of carbonyl (C=O) groups excluding carboxylic acids is 1. The molecule has 1 amide bonds. The highest BCUT2D eigenvalue weighted by Gasteiger charge is 2.22. The number of nitrogen functional groups attached to an aromatic ring is 1. The Morgan fingerprint density at radius 1 is 1.56 bits per heavy atom. The quantitative estimate of drug-likeness (QED) is 0.624. The standard InChI is InChI=1S/C13H15N3OS/c14-6-5-9-7-11(3-4-12(9)15)18-8-13(17)16-10-1-2-10/h3-4,7,10H,1-2,5,8,15H2,(H,16,17). The first kappa shape index (κ1) is 12.8. The lowest BCUT2D eigenvalue weighted by Gasteiger charge is -2.06. The van der Waals surface area contributed by atoms with Gasteiger partial charge in [0.15, 0.2) is 0 Å². The molecule has 4 nitrogen and oxygen atoms in total. The Bertz CT molecular complexity index is 491. The maximum atomic E-state index is 11.5. The van der Waals surface area contributed by atoms with Crippen LogP contribution in [0.4, 0.5) is 5.69 Å². The van der Waals surface area contributed by atoms with Crippen LogP contribution < -0.4 is 11.1 Å². The molecule has 0 unspecified atom stereocenters. The molecule has 0 spiro atoms. The van der Waals surface area contributed by atoms with E-state index in [0.29, 0.717) is 23.9 Å². The first-order chi connectivity index (χ1) is 8.69. The molecule has 1 aromatic rings. The summed E-state index contributed by atoms with van der Waals surface area (Å²) in [4.78, 5) is 12.5. The van der Waals surface area contributed by atoms with E-state index in [1.807, 2.05) is 12.1 Å². The zero-order chi connectivity index (χ0) is 13.0. The van der Waals surface area contributed by atoms with Gasteiger partial charge < -0.3 is 11.1 Å². The lowest BCUT2D eigenvalue weighted by molar-refractivity contribution is -0.118. The van der Waals surface area contributed by atoms with Gasteiger partial charge in [0, 0.05) is 16.6 Å². The van der Waals surface area contributed by atoms with Crippen LogP contribution in [0.3, 0.4) is 0 Å². The molecule has 1 aliphatic carbocycles. The number of carbonyl (C=O) groups is 1. The van der Waals surface area contributed by atoms with Crippen LogP contribution in [-0.2, 0) is 11.2 Å². The smallest absolute Gasteiger partial charge is 0.230 e. The monoisotopic (exact) mass is 261 g/mol. The van der Waals surface area contributed by atoms with Crippen molar-refractivity contribution in [2.45, 2.75) is 30.2 Å². The van der Waals surface area contributed by atoms with Gasteiger partial charge in [-0.25, -0.2) is 0 Å². The van der Waals surface area contributed by atoms with Gasteiger partial charge >= 0.3 is 0 Å². The maximum absolute atomic E-state index is 11.5. The van der Waals surface area contributed by atoms with Gasteiger partial charge in [0.1, 0.15) is 0 Å². The Labute approximate surface area is 111 Å². The molecule has 3 N–H and O–H groups in total. The lowest BCUT2D eigenvalue weighted by Crippen LogP contribution is -2.26. The van der Waals surface area contributed by atoms with Crippen molar-refractivity contribution >= 4 is 23.4 Å². The molecule has 0 saturated heterocycles. The van der Waals surface area contributed by atoms with Crippen molar-refractivity contribution < 1.29 is 4.79 Å². The van der Waals surface area contributed by atoms with Gasteiger partial charge in [-0.05, 0) is 36.6 Å². The second-order valence-electron chi connectivity index (χ2n) is 4.33. The largest absolute Gasteiger partial charge is 0.398 e. The molecule has 0 atom stereocenters. The van der Waals surface area contributed by atoms with Gasteiger partial charge in [-0.15, -0.1) is 11.8 Å². The molecule has 5 heteroatoms. The van der Waals surface area contributed by atoms with E-state index >= 15 is 0 Å². The average molecular weight is 261 g/mol. The third-order valence-electron chi connectivity index (χ3n) is 2.70. The van der Waals surface area contributed by atoms with Crippen LogP contribution in [0.2, 0.25) is 0 Å². The number of nitriles is 1. The first-order valence-corrected chi connectivity index (χ1v) is 6.85. The number of amides is 1. The zero-order valence-electron chi connectivity index (χ0n) is 9.98. The number of anilines is 1. The van der Waals surface area contributed by atoms with Gasteiger partial charge in [0.05, 0.1) is 18.2 Å². The molecular weight excluding hydrogens is 246 g/mol. The van der Waals surface area contributed by atoms with E-state index < -0.39 is 0 Å². The number of hydrogen-bond donors (Lipinski definition) is 2. The Kier molecular flexibility index (Phi) is 4.11. The minimum absolute atomic E-state index is 0.0705. The number of hydrogen-bond acceptors (Lipinski definition) is 4. The maximum Gasteiger partial charge on any atom is 0.230 e. The summed E-state index contributed by atoms with van der Waals surface area (Å²) < 4.78 is 0. The van der Waals surface area contributed by atoms with E-state index in [9.17, 15) is 4.79 Å². The van der Waals surface area contributed by atoms with Crippen LogP contribution in [0.25, 0.3) is 0 Å². The highest BCUT2D eigenvalue weighted by atomic mass is 32.2. The zero-order valence-corrected chi connectivity index (χ0v) is 10.8. The van der Waals surface area contributed by atoms with Crippen molar-refractivity contribution in [3.63, 3.8) is 0 Å². The summed E-state index contributed by atoms with van der Waals surface area (Å²) in [6.45, 7) is 0. The van der Waals surface area contributed by atoms with Gasteiger partial charge in [0.25, 0.3) is 0 Å². The molecule has 0 aromatic heterocycles. The summed E-state index contributed by atoms with van der Waals surface area (Å²) in [6, 6.07) is 8.03. The molecular formula is C13H15N3OS. The second-order valence-corrected chi connectivity index (χ2v) is 5.37. The van der Waals surface area contributed by atoms with E-state index in [1.165, 1.54) is 11.8 Å². The summed E-state index contributed by atoms with van der Waals surface area (Å²) in [5.41, 5.74) is 7.22. The number of thioether (sulfide) groups is 1. The summed E-state index contributed by atoms with van der Waals surface area (Å²) in [6.07, 6.45) is 2.50. The molecule has 1 fully saturated rings. The van der Waals surface area contributed by atoms with Crippen LogP contribution in [0.15, 0.2) is 23.1 Å². The Morgan fingerprint density at radius 2 is 2.33 bits per heavy atom. The predicted octanol–water partition coefficient (Wildman–Crippen LogP) is 1.71. The van der Waals surface area contributed by atoms with Gasteiger partial charge in [-0.3, -0.25) is 4.79 Å². The van der Waals surface area contributed by atoms with Crippen molar-refractivity contribution in [2.75, 3.05) is 11.5 Å². The number of benzene rings is 1. The third kappa shape index (κ3) is 3.67. The Balaban J connectivity index is 1.90. The van der Waals surface area contributed by atoms with Crippen molar-refractivity contribution in [3.05, 3.63) is 23.8 Å². The fourth-order valence-corrected chi connectivity index (χ4v) is 2.33. The summed E-state index contributed by atoms with van der Waals surface area (Å²) in [5.74, 6) is 0.480. The topological polar surface area (TPSA) is 78.9 Å². The van der Waals surface area contributed by atoms with E-state index in [-0.39, 0.29) is 5.91 Å². The van der Waals surface area contributed by atoms with Gasteiger partial charge in [0.2, 0.25) is 5.91 Å². The Morgan fingerprint density at radius 3 is 3.00 bits per heavy atom. The molecule has 1 saturated carbocycles. The van der Waals surface area contributed by atoms with Crippen LogP contribution in [0, 0.1) is 11.3 Å². The van der Waals surface area contributed by atoms with Gasteiger partial charge in [-0.2, -0.15) is 5.26 Å². The van der Waals surface area contributed by atoms with Crippen LogP contribution in [0.1, 0.15) is 18.4 Å². The van der Waals surface area contributed by atoms with Crippen molar-refractivity contribution in [1.29, 1.82) is 5.26 Å². The molecule has 0 aliphatic heterocycles.